The van der Waals surface area contributed by atoms with E-state index in [0.717, 1.165) is 0 Å². The Morgan fingerprint density at radius 3 is 2.83 bits per heavy atom. The molecule has 0 aliphatic heterocycles. The number of ether oxygens (including phenoxy) is 1. The third-order valence-electron chi connectivity index (χ3n) is 1.19. The molecule has 6 nitrogen and oxygen atoms in total. The van der Waals surface area contributed by atoms with Crippen molar-refractivity contribution in [3.63, 3.8) is 0 Å². The predicted octanol–water partition coefficient (Wildman–Crippen LogP) is -0.130. The minimum Gasteiger partial charge on any atom is -0.460 e. The first kappa shape index (κ1) is 8.63. The Hall–Kier alpha value is -1.46. The van der Waals surface area contributed by atoms with Crippen LogP contribution in [0.25, 0.3) is 0 Å². The number of carbonyl (C=O) groups is 1. The first-order valence-electron chi connectivity index (χ1n) is 3.72. The molecule has 66 valence electrons. The van der Waals surface area contributed by atoms with Crippen LogP contribution >= 0.6 is 0 Å². The second kappa shape index (κ2) is 3.80. The van der Waals surface area contributed by atoms with Crippen LogP contribution in [0.5, 0.6) is 0 Å². The molecule has 0 saturated carbocycles. The normalized spacial score (nSPS) is 9.83. The summed E-state index contributed by atoms with van der Waals surface area (Å²) in [5.41, 5.74) is 0. The summed E-state index contributed by atoms with van der Waals surface area (Å²) in [6.45, 7) is 4.49. The Morgan fingerprint density at radius 2 is 2.33 bits per heavy atom. The van der Waals surface area contributed by atoms with Crippen molar-refractivity contribution in [3.8, 4) is 0 Å². The van der Waals surface area contributed by atoms with Gasteiger partial charge in [0, 0.05) is 0 Å². The molecule has 0 aromatic carbocycles. The van der Waals surface area contributed by atoms with Gasteiger partial charge in [0.2, 0.25) is 0 Å². The van der Waals surface area contributed by atoms with Crippen LogP contribution < -0.4 is 0 Å². The smallest absolute Gasteiger partial charge is 0.380 e. The van der Waals surface area contributed by atoms with Gasteiger partial charge in [-0.3, -0.25) is 0 Å². The lowest BCUT2D eigenvalue weighted by atomic mass is 10.6. The summed E-state index contributed by atoms with van der Waals surface area (Å²) >= 11 is 0. The third-order valence-corrected chi connectivity index (χ3v) is 1.19. The molecule has 0 radical (unpaired) electrons. The van der Waals surface area contributed by atoms with Crippen molar-refractivity contribution in [2.45, 2.75) is 20.4 Å². The summed E-state index contributed by atoms with van der Waals surface area (Å²) in [5, 5.41) is 10.9. The lowest BCUT2D eigenvalue weighted by Gasteiger charge is -1.93. The molecule has 1 aromatic heterocycles. The van der Waals surface area contributed by atoms with Gasteiger partial charge in [0.15, 0.2) is 0 Å². The fraction of sp³-hybridized carbons (Fsp3) is 0.667. The van der Waals surface area contributed by atoms with Gasteiger partial charge in [0.1, 0.15) is 0 Å². The number of rotatable bonds is 3. The lowest BCUT2D eigenvalue weighted by molar-refractivity contribution is 0.0511. The van der Waals surface area contributed by atoms with Crippen LogP contribution in [0.2, 0.25) is 0 Å². The molecular weight excluding hydrogens is 160 g/mol. The van der Waals surface area contributed by atoms with Crippen molar-refractivity contribution in [2.75, 3.05) is 6.61 Å². The van der Waals surface area contributed by atoms with Gasteiger partial charge in [-0.2, -0.15) is 4.80 Å². The highest BCUT2D eigenvalue weighted by Crippen LogP contribution is 1.90. The average Bonchev–Trinajstić information content (AvgIpc) is 2.52. The fourth-order valence-corrected chi connectivity index (χ4v) is 0.655. The molecule has 0 fully saturated rings. The molecular formula is C6H10N4O2. The Bertz CT molecular complexity index is 270. The predicted molar refractivity (Wildman–Crippen MR) is 39.4 cm³/mol. The zero-order valence-corrected chi connectivity index (χ0v) is 7.02. The molecule has 1 aromatic rings. The molecule has 12 heavy (non-hydrogen) atoms. The van der Waals surface area contributed by atoms with Crippen molar-refractivity contribution < 1.29 is 9.53 Å². The first-order valence-corrected chi connectivity index (χ1v) is 3.72. The number of aryl methyl sites for hydroxylation is 1. The number of carbonyl (C=O) groups excluding carboxylic acids is 1. The van der Waals surface area contributed by atoms with Crippen LogP contribution in [0.3, 0.4) is 0 Å². The van der Waals surface area contributed by atoms with Crippen molar-refractivity contribution in [1.29, 1.82) is 0 Å². The van der Waals surface area contributed by atoms with E-state index in [0.29, 0.717) is 13.2 Å². The topological polar surface area (TPSA) is 69.9 Å². The molecule has 0 saturated heterocycles. The minimum absolute atomic E-state index is 0.0127. The number of hydrogen-bond acceptors (Lipinski definition) is 5. The quantitative estimate of drug-likeness (QED) is 0.591. The van der Waals surface area contributed by atoms with Gasteiger partial charge in [0.05, 0.1) is 13.2 Å². The monoisotopic (exact) mass is 170 g/mol. The average molecular weight is 170 g/mol. The van der Waals surface area contributed by atoms with Crippen LogP contribution in [0.15, 0.2) is 0 Å². The summed E-state index contributed by atoms with van der Waals surface area (Å²) in [7, 11) is 0. The van der Waals surface area contributed by atoms with E-state index in [1.54, 1.807) is 6.92 Å². The Labute approximate surface area is 69.5 Å². The maximum Gasteiger partial charge on any atom is 0.380 e. The molecule has 0 unspecified atom stereocenters. The van der Waals surface area contributed by atoms with Crippen molar-refractivity contribution in [3.05, 3.63) is 5.82 Å². The fourth-order valence-electron chi connectivity index (χ4n) is 0.655. The van der Waals surface area contributed by atoms with E-state index in [1.165, 1.54) is 4.80 Å². The minimum atomic E-state index is -0.530. The molecule has 0 aliphatic rings. The SMILES string of the molecule is CCOC(=O)c1nnn(CC)n1. The number of nitrogens with zero attached hydrogens (tertiary/aromatic N) is 4. The van der Waals surface area contributed by atoms with Crippen molar-refractivity contribution >= 4 is 5.97 Å². The van der Waals surface area contributed by atoms with Crippen LogP contribution in [-0.4, -0.2) is 32.8 Å². The standard InChI is InChI=1S/C6H10N4O2/c1-3-10-8-5(7-9-10)6(11)12-4-2/h3-4H2,1-2H3. The summed E-state index contributed by atoms with van der Waals surface area (Å²) in [5.74, 6) is -0.518. The Balaban J connectivity index is 2.68. The zero-order chi connectivity index (χ0) is 8.97. The van der Waals surface area contributed by atoms with Gasteiger partial charge in [-0.25, -0.2) is 4.79 Å². The summed E-state index contributed by atoms with van der Waals surface area (Å²) < 4.78 is 4.67. The van der Waals surface area contributed by atoms with E-state index in [-0.39, 0.29) is 5.82 Å². The highest BCUT2D eigenvalue weighted by Gasteiger charge is 2.12. The van der Waals surface area contributed by atoms with Crippen LogP contribution in [0, 0.1) is 0 Å². The van der Waals surface area contributed by atoms with Gasteiger partial charge in [-0.15, -0.1) is 10.2 Å². The van der Waals surface area contributed by atoms with E-state index in [9.17, 15) is 4.79 Å². The summed E-state index contributed by atoms with van der Waals surface area (Å²) in [4.78, 5) is 12.3. The molecule has 0 aliphatic carbocycles. The lowest BCUT2D eigenvalue weighted by Crippen LogP contribution is -2.07. The number of esters is 1. The van der Waals surface area contributed by atoms with Gasteiger partial charge >= 0.3 is 5.97 Å². The maximum atomic E-state index is 11.0. The summed E-state index contributed by atoms with van der Waals surface area (Å²) in [6.07, 6.45) is 0. The van der Waals surface area contributed by atoms with Crippen LogP contribution in [-0.2, 0) is 11.3 Å². The summed E-state index contributed by atoms with van der Waals surface area (Å²) in [6, 6.07) is 0. The molecule has 0 amide bonds. The number of tetrazole rings is 1. The van der Waals surface area contributed by atoms with Crippen LogP contribution in [0.4, 0.5) is 0 Å². The van der Waals surface area contributed by atoms with Gasteiger partial charge < -0.3 is 4.74 Å². The van der Waals surface area contributed by atoms with Crippen molar-refractivity contribution in [1.82, 2.24) is 20.2 Å². The van der Waals surface area contributed by atoms with Gasteiger partial charge in [-0.1, -0.05) is 0 Å². The largest absolute Gasteiger partial charge is 0.460 e. The highest BCUT2D eigenvalue weighted by atomic mass is 16.5. The van der Waals surface area contributed by atoms with Crippen molar-refractivity contribution in [2.24, 2.45) is 0 Å². The first-order chi connectivity index (χ1) is 5.77. The molecule has 0 spiro atoms. The number of hydrogen-bond donors (Lipinski definition) is 0. The maximum absolute atomic E-state index is 11.0. The van der Waals surface area contributed by atoms with E-state index < -0.39 is 5.97 Å². The van der Waals surface area contributed by atoms with Gasteiger partial charge in [-0.05, 0) is 19.1 Å². The molecule has 0 bridgehead atoms. The second-order valence-electron chi connectivity index (χ2n) is 2.02. The molecule has 6 heteroatoms. The van der Waals surface area contributed by atoms with E-state index in [2.05, 4.69) is 20.1 Å². The highest BCUT2D eigenvalue weighted by molar-refractivity contribution is 5.84. The molecule has 0 atom stereocenters. The Morgan fingerprint density at radius 1 is 1.58 bits per heavy atom. The van der Waals surface area contributed by atoms with E-state index >= 15 is 0 Å². The van der Waals surface area contributed by atoms with Crippen LogP contribution in [0.1, 0.15) is 24.5 Å². The second-order valence-corrected chi connectivity index (χ2v) is 2.02. The molecule has 1 rings (SSSR count). The van der Waals surface area contributed by atoms with E-state index in [4.69, 9.17) is 0 Å². The Kier molecular flexibility index (Phi) is 2.73. The number of aromatic nitrogens is 4. The third kappa shape index (κ3) is 1.77. The zero-order valence-electron chi connectivity index (χ0n) is 7.02. The van der Waals surface area contributed by atoms with Gasteiger partial charge in [0.25, 0.3) is 5.82 Å². The molecule has 1 heterocycles. The molecule has 0 N–H and O–H groups in total. The van der Waals surface area contributed by atoms with E-state index in [1.807, 2.05) is 6.92 Å².